The van der Waals surface area contributed by atoms with Gasteiger partial charge in [0, 0.05) is 34.7 Å². The molecule has 1 aliphatic rings. The predicted octanol–water partition coefficient (Wildman–Crippen LogP) is 5.23. The lowest BCUT2D eigenvalue weighted by Crippen LogP contribution is -2.34. The van der Waals surface area contributed by atoms with Crippen molar-refractivity contribution in [1.29, 1.82) is 0 Å². The van der Waals surface area contributed by atoms with E-state index in [0.29, 0.717) is 45.9 Å². The number of ketones is 2. The predicted molar refractivity (Wildman–Crippen MR) is 129 cm³/mol. The standard InChI is InChI=1S/C28H28FNO4/c1-17-22(10-5-11-24(17)29)26-23(28(32)18-7-4-9-21(13-18)33-2)14-20(15-25(26)34-3)27(31)19-8-6-12-30-16-19/h4-5,7,9-11,13-15,19,30H,6,8,12,16H2,1-3H3. The molecule has 1 unspecified atom stereocenters. The summed E-state index contributed by atoms with van der Waals surface area (Å²) in [5, 5.41) is 3.27. The van der Waals surface area contributed by atoms with Gasteiger partial charge in [0.2, 0.25) is 0 Å². The zero-order chi connectivity index (χ0) is 24.2. The van der Waals surface area contributed by atoms with Gasteiger partial charge in [-0.1, -0.05) is 24.3 Å². The summed E-state index contributed by atoms with van der Waals surface area (Å²) in [6.07, 6.45) is 1.71. The van der Waals surface area contributed by atoms with E-state index in [0.717, 1.165) is 19.4 Å². The summed E-state index contributed by atoms with van der Waals surface area (Å²) in [6, 6.07) is 14.9. The van der Waals surface area contributed by atoms with Crippen LogP contribution in [0.3, 0.4) is 0 Å². The van der Waals surface area contributed by atoms with Crippen LogP contribution >= 0.6 is 0 Å². The number of methoxy groups -OCH3 is 2. The molecule has 0 radical (unpaired) electrons. The lowest BCUT2D eigenvalue weighted by atomic mass is 9.85. The fraction of sp³-hybridized carbons (Fsp3) is 0.286. The van der Waals surface area contributed by atoms with Crippen molar-refractivity contribution >= 4 is 11.6 Å². The number of hydrogen-bond donors (Lipinski definition) is 1. The van der Waals surface area contributed by atoms with E-state index in [1.807, 2.05) is 0 Å². The second kappa shape index (κ2) is 10.2. The second-order valence-electron chi connectivity index (χ2n) is 8.48. The molecule has 34 heavy (non-hydrogen) atoms. The summed E-state index contributed by atoms with van der Waals surface area (Å²) >= 11 is 0. The van der Waals surface area contributed by atoms with Crippen LogP contribution in [0.1, 0.15) is 44.7 Å². The van der Waals surface area contributed by atoms with Crippen molar-refractivity contribution in [2.45, 2.75) is 19.8 Å². The third kappa shape index (κ3) is 4.59. The molecule has 3 aromatic rings. The number of carbonyl (C=O) groups excluding carboxylic acids is 2. The smallest absolute Gasteiger partial charge is 0.193 e. The van der Waals surface area contributed by atoms with Crippen LogP contribution in [0.15, 0.2) is 54.6 Å². The minimum atomic E-state index is -0.382. The van der Waals surface area contributed by atoms with Gasteiger partial charge in [0.25, 0.3) is 0 Å². The number of rotatable bonds is 7. The zero-order valence-electron chi connectivity index (χ0n) is 19.6. The first kappa shape index (κ1) is 23.6. The van der Waals surface area contributed by atoms with Crippen LogP contribution in [0.4, 0.5) is 4.39 Å². The lowest BCUT2D eigenvalue weighted by molar-refractivity contribution is 0.0899. The summed E-state index contributed by atoms with van der Waals surface area (Å²) in [4.78, 5) is 27.2. The highest BCUT2D eigenvalue weighted by atomic mass is 19.1. The summed E-state index contributed by atoms with van der Waals surface area (Å²) in [5.74, 6) is 0.0177. The van der Waals surface area contributed by atoms with Crippen LogP contribution in [0, 0.1) is 18.7 Å². The third-order valence-corrected chi connectivity index (χ3v) is 6.39. The Labute approximate surface area is 198 Å². The lowest BCUT2D eigenvalue weighted by Gasteiger charge is -2.23. The van der Waals surface area contributed by atoms with Gasteiger partial charge in [-0.15, -0.1) is 0 Å². The van der Waals surface area contributed by atoms with E-state index in [9.17, 15) is 14.0 Å². The molecule has 1 aliphatic heterocycles. The first-order valence-electron chi connectivity index (χ1n) is 11.4. The molecule has 176 valence electrons. The van der Waals surface area contributed by atoms with E-state index in [1.54, 1.807) is 55.5 Å². The Bertz CT molecular complexity index is 1230. The normalized spacial score (nSPS) is 15.6. The van der Waals surface area contributed by atoms with Crippen LogP contribution in [0.2, 0.25) is 0 Å². The Morgan fingerprint density at radius 1 is 1.00 bits per heavy atom. The molecule has 0 amide bonds. The van der Waals surface area contributed by atoms with Crippen molar-refractivity contribution in [3.63, 3.8) is 0 Å². The van der Waals surface area contributed by atoms with Gasteiger partial charge in [-0.2, -0.15) is 0 Å². The Hall–Kier alpha value is -3.51. The fourth-order valence-corrected chi connectivity index (χ4v) is 4.49. The maximum absolute atomic E-state index is 14.5. The molecule has 3 aromatic carbocycles. The molecule has 0 aromatic heterocycles. The Morgan fingerprint density at radius 3 is 2.50 bits per heavy atom. The van der Waals surface area contributed by atoms with Gasteiger partial charge in [0.05, 0.1) is 14.2 Å². The van der Waals surface area contributed by atoms with E-state index >= 15 is 0 Å². The molecule has 1 fully saturated rings. The number of benzene rings is 3. The van der Waals surface area contributed by atoms with Crippen LogP contribution in [0.25, 0.3) is 11.1 Å². The molecule has 1 heterocycles. The molecule has 1 saturated heterocycles. The monoisotopic (exact) mass is 461 g/mol. The van der Waals surface area contributed by atoms with Crippen molar-refractivity contribution in [3.8, 4) is 22.6 Å². The van der Waals surface area contributed by atoms with Crippen LogP contribution in [0.5, 0.6) is 11.5 Å². The van der Waals surface area contributed by atoms with Crippen molar-refractivity contribution in [2.75, 3.05) is 27.3 Å². The largest absolute Gasteiger partial charge is 0.497 e. The Morgan fingerprint density at radius 2 is 1.79 bits per heavy atom. The molecule has 0 bridgehead atoms. The maximum Gasteiger partial charge on any atom is 0.193 e. The van der Waals surface area contributed by atoms with Gasteiger partial charge in [-0.05, 0) is 67.8 Å². The molecule has 4 rings (SSSR count). The van der Waals surface area contributed by atoms with Crippen molar-refractivity contribution in [3.05, 3.63) is 82.7 Å². The number of Topliss-reactive ketones (excluding diaryl/α,β-unsaturated/α-hetero) is 1. The topological polar surface area (TPSA) is 64.6 Å². The molecule has 1 atom stereocenters. The molecule has 6 heteroatoms. The number of nitrogens with one attached hydrogen (secondary N) is 1. The highest BCUT2D eigenvalue weighted by molar-refractivity contribution is 6.15. The van der Waals surface area contributed by atoms with Gasteiger partial charge in [0.15, 0.2) is 11.6 Å². The van der Waals surface area contributed by atoms with E-state index in [2.05, 4.69) is 5.32 Å². The summed E-state index contributed by atoms with van der Waals surface area (Å²) in [6.45, 7) is 3.16. The number of hydrogen-bond acceptors (Lipinski definition) is 5. The maximum atomic E-state index is 14.5. The Kier molecular flexibility index (Phi) is 7.08. The molecule has 0 aliphatic carbocycles. The third-order valence-electron chi connectivity index (χ3n) is 6.39. The summed E-state index contributed by atoms with van der Waals surface area (Å²) < 4.78 is 25.5. The average molecular weight is 462 g/mol. The second-order valence-corrected chi connectivity index (χ2v) is 8.48. The SMILES string of the molecule is COc1cccc(C(=O)c2cc(C(=O)C3CCCNC3)cc(OC)c2-c2cccc(F)c2C)c1. The van der Waals surface area contributed by atoms with Crippen molar-refractivity contribution < 1.29 is 23.5 Å². The van der Waals surface area contributed by atoms with E-state index in [1.165, 1.54) is 20.3 Å². The van der Waals surface area contributed by atoms with Gasteiger partial charge >= 0.3 is 0 Å². The molecular formula is C28H28FNO4. The van der Waals surface area contributed by atoms with Crippen LogP contribution < -0.4 is 14.8 Å². The molecule has 0 spiro atoms. The number of halogens is 1. The van der Waals surface area contributed by atoms with Crippen LogP contribution in [-0.4, -0.2) is 38.9 Å². The first-order valence-corrected chi connectivity index (χ1v) is 11.4. The highest BCUT2D eigenvalue weighted by Crippen LogP contribution is 2.39. The highest BCUT2D eigenvalue weighted by Gasteiger charge is 2.27. The fourth-order valence-electron chi connectivity index (χ4n) is 4.49. The van der Waals surface area contributed by atoms with Crippen LogP contribution in [-0.2, 0) is 0 Å². The molecule has 1 N–H and O–H groups in total. The average Bonchev–Trinajstić information content (AvgIpc) is 2.89. The van der Waals surface area contributed by atoms with E-state index < -0.39 is 0 Å². The molecule has 5 nitrogen and oxygen atoms in total. The van der Waals surface area contributed by atoms with Crippen molar-refractivity contribution in [2.24, 2.45) is 5.92 Å². The van der Waals surface area contributed by atoms with Gasteiger partial charge in [-0.25, -0.2) is 4.39 Å². The van der Waals surface area contributed by atoms with Gasteiger partial charge in [-0.3, -0.25) is 9.59 Å². The summed E-state index contributed by atoms with van der Waals surface area (Å²) in [7, 11) is 3.02. The van der Waals surface area contributed by atoms with E-state index in [-0.39, 0.29) is 28.9 Å². The Balaban J connectivity index is 1.93. The number of carbonyl (C=O) groups is 2. The van der Waals surface area contributed by atoms with Gasteiger partial charge < -0.3 is 14.8 Å². The van der Waals surface area contributed by atoms with Gasteiger partial charge in [0.1, 0.15) is 17.3 Å². The zero-order valence-corrected chi connectivity index (χ0v) is 19.6. The minimum Gasteiger partial charge on any atom is -0.497 e. The first-order chi connectivity index (χ1) is 16.4. The van der Waals surface area contributed by atoms with Crippen molar-refractivity contribution in [1.82, 2.24) is 5.32 Å². The molecular weight excluding hydrogens is 433 g/mol. The van der Waals surface area contributed by atoms with E-state index in [4.69, 9.17) is 9.47 Å². The summed E-state index contributed by atoms with van der Waals surface area (Å²) in [5.41, 5.74) is 2.51. The molecule has 0 saturated carbocycles. The minimum absolute atomic E-state index is 0.0345. The number of piperidine rings is 1. The number of ether oxygens (including phenoxy) is 2. The quantitative estimate of drug-likeness (QED) is 0.488.